The fraction of sp³-hybridized carbons (Fsp3) is 1.00. The number of piperazine rings is 1. The molecule has 0 aromatic heterocycles. The van der Waals surface area contributed by atoms with Gasteiger partial charge in [0, 0.05) is 45.8 Å². The summed E-state index contributed by atoms with van der Waals surface area (Å²) in [5.41, 5.74) is 5.59. The summed E-state index contributed by atoms with van der Waals surface area (Å²) in [6.07, 6.45) is 11.5. The first-order chi connectivity index (χ1) is 10.8. The Labute approximate surface area is 138 Å². The molecule has 1 unspecified atom stereocenters. The molecule has 0 radical (unpaired) electrons. The van der Waals surface area contributed by atoms with Crippen LogP contribution in [0.25, 0.3) is 0 Å². The molecule has 1 aliphatic heterocycles. The first-order valence-corrected chi connectivity index (χ1v) is 9.59. The minimum atomic E-state index is -0.138. The van der Waals surface area contributed by atoms with E-state index in [1.165, 1.54) is 51.4 Å². The number of nitrogens with zero attached hydrogens (tertiary/aromatic N) is 2. The summed E-state index contributed by atoms with van der Waals surface area (Å²) in [5.74, 6) is 0. The molecule has 1 rings (SSSR count). The Hall–Kier alpha value is -0.160. The topological polar surface area (TPSA) is 52.7 Å². The molecule has 0 spiro atoms. The Morgan fingerprint density at radius 3 is 2.00 bits per heavy atom. The second-order valence-electron chi connectivity index (χ2n) is 6.85. The van der Waals surface area contributed by atoms with Gasteiger partial charge in [0.1, 0.15) is 0 Å². The molecule has 1 heterocycles. The summed E-state index contributed by atoms with van der Waals surface area (Å²) in [6, 6.07) is 0. The lowest BCUT2D eigenvalue weighted by molar-refractivity contribution is 0.0683. The summed E-state index contributed by atoms with van der Waals surface area (Å²) in [6.45, 7) is 9.23. The van der Waals surface area contributed by atoms with Crippen LogP contribution in [-0.2, 0) is 0 Å². The average molecular weight is 314 g/mol. The molecule has 1 aliphatic rings. The van der Waals surface area contributed by atoms with Crippen molar-refractivity contribution < 1.29 is 5.11 Å². The van der Waals surface area contributed by atoms with E-state index in [9.17, 15) is 5.11 Å². The highest BCUT2D eigenvalue weighted by Crippen LogP contribution is 2.11. The van der Waals surface area contributed by atoms with Crippen molar-refractivity contribution in [2.24, 2.45) is 5.73 Å². The van der Waals surface area contributed by atoms with Gasteiger partial charge in [0.05, 0.1) is 6.10 Å². The number of hydrogen-bond donors (Lipinski definition) is 2. The van der Waals surface area contributed by atoms with Crippen LogP contribution < -0.4 is 5.73 Å². The second kappa shape index (κ2) is 13.3. The molecule has 4 nitrogen and oxygen atoms in total. The van der Waals surface area contributed by atoms with Gasteiger partial charge in [0.15, 0.2) is 0 Å². The van der Waals surface area contributed by atoms with Crippen LogP contribution in [0.1, 0.15) is 64.7 Å². The van der Waals surface area contributed by atoms with Crippen molar-refractivity contribution in [1.82, 2.24) is 9.80 Å². The number of unbranched alkanes of at least 4 members (excludes halogenated alkanes) is 7. The van der Waals surface area contributed by atoms with Crippen molar-refractivity contribution >= 4 is 0 Å². The van der Waals surface area contributed by atoms with Gasteiger partial charge in [-0.15, -0.1) is 0 Å². The highest BCUT2D eigenvalue weighted by atomic mass is 16.3. The molecular formula is C18H39N3O. The van der Waals surface area contributed by atoms with Crippen LogP contribution in [0.2, 0.25) is 0 Å². The normalized spacial score (nSPS) is 18.7. The molecule has 3 N–H and O–H groups in total. The maximum atomic E-state index is 10.2. The zero-order chi connectivity index (χ0) is 16.0. The maximum absolute atomic E-state index is 10.2. The Balaban J connectivity index is 1.92. The van der Waals surface area contributed by atoms with Crippen molar-refractivity contribution in [2.75, 3.05) is 45.8 Å². The first-order valence-electron chi connectivity index (χ1n) is 9.59. The first kappa shape index (κ1) is 19.9. The lowest BCUT2D eigenvalue weighted by Gasteiger charge is -2.35. The Morgan fingerprint density at radius 1 is 0.864 bits per heavy atom. The van der Waals surface area contributed by atoms with E-state index in [-0.39, 0.29) is 6.10 Å². The van der Waals surface area contributed by atoms with Gasteiger partial charge in [-0.3, -0.25) is 9.80 Å². The van der Waals surface area contributed by atoms with Gasteiger partial charge in [-0.1, -0.05) is 58.3 Å². The highest BCUT2D eigenvalue weighted by Gasteiger charge is 2.18. The molecule has 0 saturated carbocycles. The molecular weight excluding hydrogens is 274 g/mol. The standard InChI is InChI=1S/C18H39N3O/c1-2-3-4-5-6-7-8-9-10-18(22)17-21-15-13-20(12-11-19)14-16-21/h18,22H,2-17,19H2,1H3. The van der Waals surface area contributed by atoms with Crippen molar-refractivity contribution in [3.05, 3.63) is 0 Å². The predicted octanol–water partition coefficient (Wildman–Crippen LogP) is 2.45. The number of nitrogens with two attached hydrogens (primary N) is 1. The molecule has 1 atom stereocenters. The molecule has 0 amide bonds. The SMILES string of the molecule is CCCCCCCCCCC(O)CN1CCN(CCN)CC1. The lowest BCUT2D eigenvalue weighted by Crippen LogP contribution is -2.49. The molecule has 0 aromatic carbocycles. The van der Waals surface area contributed by atoms with Gasteiger partial charge >= 0.3 is 0 Å². The van der Waals surface area contributed by atoms with E-state index in [1.807, 2.05) is 0 Å². The van der Waals surface area contributed by atoms with Crippen LogP contribution in [0.3, 0.4) is 0 Å². The van der Waals surface area contributed by atoms with Gasteiger partial charge in [0.25, 0.3) is 0 Å². The third-order valence-electron chi connectivity index (χ3n) is 4.77. The Kier molecular flexibility index (Phi) is 12.0. The van der Waals surface area contributed by atoms with Crippen molar-refractivity contribution in [3.63, 3.8) is 0 Å². The second-order valence-corrected chi connectivity index (χ2v) is 6.85. The van der Waals surface area contributed by atoms with Crippen LogP contribution in [0.4, 0.5) is 0 Å². The summed E-state index contributed by atoms with van der Waals surface area (Å²) in [7, 11) is 0. The van der Waals surface area contributed by atoms with E-state index in [0.717, 1.165) is 52.2 Å². The van der Waals surface area contributed by atoms with Crippen molar-refractivity contribution in [1.29, 1.82) is 0 Å². The van der Waals surface area contributed by atoms with E-state index in [2.05, 4.69) is 16.7 Å². The zero-order valence-electron chi connectivity index (χ0n) is 14.8. The lowest BCUT2D eigenvalue weighted by atomic mass is 10.1. The third-order valence-corrected chi connectivity index (χ3v) is 4.77. The van der Waals surface area contributed by atoms with Crippen molar-refractivity contribution in [3.8, 4) is 0 Å². The molecule has 0 bridgehead atoms. The van der Waals surface area contributed by atoms with Crippen LogP contribution in [0.15, 0.2) is 0 Å². The molecule has 4 heteroatoms. The highest BCUT2D eigenvalue weighted by molar-refractivity contribution is 4.74. The zero-order valence-corrected chi connectivity index (χ0v) is 14.8. The fourth-order valence-electron chi connectivity index (χ4n) is 3.28. The van der Waals surface area contributed by atoms with Crippen LogP contribution in [0.5, 0.6) is 0 Å². The molecule has 1 saturated heterocycles. The molecule has 22 heavy (non-hydrogen) atoms. The number of aliphatic hydroxyl groups excluding tert-OH is 1. The fourth-order valence-corrected chi connectivity index (χ4v) is 3.28. The average Bonchev–Trinajstić information content (AvgIpc) is 2.52. The van der Waals surface area contributed by atoms with E-state index < -0.39 is 0 Å². The van der Waals surface area contributed by atoms with E-state index in [4.69, 9.17) is 5.73 Å². The summed E-state index contributed by atoms with van der Waals surface area (Å²) in [4.78, 5) is 4.82. The largest absolute Gasteiger partial charge is 0.392 e. The van der Waals surface area contributed by atoms with E-state index in [1.54, 1.807) is 0 Å². The quantitative estimate of drug-likeness (QED) is 0.513. The van der Waals surface area contributed by atoms with Gasteiger partial charge in [-0.2, -0.15) is 0 Å². The minimum Gasteiger partial charge on any atom is -0.392 e. The van der Waals surface area contributed by atoms with Crippen LogP contribution in [0, 0.1) is 0 Å². The number of hydrogen-bond acceptors (Lipinski definition) is 4. The van der Waals surface area contributed by atoms with E-state index >= 15 is 0 Å². The predicted molar refractivity (Wildman–Crippen MR) is 95.2 cm³/mol. The summed E-state index contributed by atoms with van der Waals surface area (Å²) >= 11 is 0. The van der Waals surface area contributed by atoms with Gasteiger partial charge < -0.3 is 10.8 Å². The summed E-state index contributed by atoms with van der Waals surface area (Å²) in [5, 5.41) is 10.2. The number of β-amino-alcohol motifs (C(OH)–C–C–N with tert-alkyl or cyclic N) is 1. The monoisotopic (exact) mass is 313 g/mol. The summed E-state index contributed by atoms with van der Waals surface area (Å²) < 4.78 is 0. The number of rotatable bonds is 13. The van der Waals surface area contributed by atoms with Gasteiger partial charge in [-0.25, -0.2) is 0 Å². The third kappa shape index (κ3) is 9.78. The molecule has 0 aromatic rings. The Morgan fingerprint density at radius 2 is 1.41 bits per heavy atom. The van der Waals surface area contributed by atoms with Crippen molar-refractivity contribution in [2.45, 2.75) is 70.8 Å². The van der Waals surface area contributed by atoms with Crippen LogP contribution >= 0.6 is 0 Å². The maximum Gasteiger partial charge on any atom is 0.0667 e. The van der Waals surface area contributed by atoms with Crippen LogP contribution in [-0.4, -0.2) is 66.8 Å². The Bertz CT molecular complexity index is 242. The van der Waals surface area contributed by atoms with E-state index in [0.29, 0.717) is 0 Å². The van der Waals surface area contributed by atoms with Gasteiger partial charge in [-0.05, 0) is 6.42 Å². The number of aliphatic hydroxyl groups is 1. The molecule has 1 fully saturated rings. The molecule has 0 aliphatic carbocycles. The minimum absolute atomic E-state index is 0.138. The smallest absolute Gasteiger partial charge is 0.0667 e. The van der Waals surface area contributed by atoms with Gasteiger partial charge in [0.2, 0.25) is 0 Å². The molecule has 132 valence electrons.